The van der Waals surface area contributed by atoms with Crippen molar-refractivity contribution in [2.75, 3.05) is 7.11 Å². The molecular weight excluding hydrogens is 388 g/mol. The molecule has 29 heavy (non-hydrogen) atoms. The number of rotatable bonds is 7. The summed E-state index contributed by atoms with van der Waals surface area (Å²) >= 11 is 1.41. The van der Waals surface area contributed by atoms with Crippen molar-refractivity contribution < 1.29 is 14.3 Å². The number of nitrogens with zero attached hydrogens (tertiary/aromatic N) is 4. The summed E-state index contributed by atoms with van der Waals surface area (Å²) < 4.78 is 12.8. The summed E-state index contributed by atoms with van der Waals surface area (Å²) in [5.74, 6) is 0.917. The lowest BCUT2D eigenvalue weighted by molar-refractivity contribution is 0.105. The van der Waals surface area contributed by atoms with E-state index in [-0.39, 0.29) is 11.8 Å². The highest BCUT2D eigenvalue weighted by Gasteiger charge is 2.14. The molecule has 0 aliphatic carbocycles. The number of hydrogen-bond acceptors (Lipinski definition) is 7. The highest BCUT2D eigenvalue weighted by atomic mass is 32.1. The topological polar surface area (TPSA) is 79.1 Å². The van der Waals surface area contributed by atoms with Crippen molar-refractivity contribution in [3.8, 4) is 23.2 Å². The van der Waals surface area contributed by atoms with Crippen molar-refractivity contribution >= 4 is 23.2 Å². The fourth-order valence-electron chi connectivity index (χ4n) is 2.62. The van der Waals surface area contributed by atoms with Gasteiger partial charge in [-0.05, 0) is 57.8 Å². The zero-order chi connectivity index (χ0) is 20.1. The molecule has 0 unspecified atom stereocenters. The van der Waals surface area contributed by atoms with Gasteiger partial charge >= 0.3 is 6.01 Å². The second-order valence-corrected chi connectivity index (χ2v) is 6.84. The maximum absolute atomic E-state index is 12.1. The maximum atomic E-state index is 12.1. The number of tetrazole rings is 1. The summed E-state index contributed by atoms with van der Waals surface area (Å²) in [5.41, 5.74) is 1.58. The molecule has 2 aromatic carbocycles. The third-order valence-electron chi connectivity index (χ3n) is 4.02. The van der Waals surface area contributed by atoms with E-state index in [1.54, 1.807) is 31.4 Å². The van der Waals surface area contributed by atoms with E-state index in [4.69, 9.17) is 9.47 Å². The third kappa shape index (κ3) is 4.22. The lowest BCUT2D eigenvalue weighted by Crippen LogP contribution is -2.01. The average molecular weight is 404 g/mol. The molecule has 144 valence electrons. The molecule has 4 rings (SSSR count). The molecule has 0 amide bonds. The molecular formula is C21H16N4O3S. The number of carbonyl (C=O) groups is 1. The van der Waals surface area contributed by atoms with Gasteiger partial charge in [0.25, 0.3) is 0 Å². The summed E-state index contributed by atoms with van der Waals surface area (Å²) in [5, 5.41) is 13.5. The number of allylic oxidation sites excluding steroid dienone is 1. The van der Waals surface area contributed by atoms with Crippen LogP contribution in [0.2, 0.25) is 0 Å². The lowest BCUT2D eigenvalue weighted by Gasteiger charge is -2.10. The van der Waals surface area contributed by atoms with E-state index in [1.807, 2.05) is 47.8 Å². The summed E-state index contributed by atoms with van der Waals surface area (Å²) in [6.45, 7) is 0. The second-order valence-electron chi connectivity index (χ2n) is 5.90. The number of thiophene rings is 1. The van der Waals surface area contributed by atoms with Crippen molar-refractivity contribution in [3.63, 3.8) is 0 Å². The predicted octanol–water partition coefficient (Wildman–Crippen LogP) is 4.42. The number of para-hydroxylation sites is 1. The number of ketones is 1. The number of benzene rings is 2. The zero-order valence-corrected chi connectivity index (χ0v) is 16.2. The largest absolute Gasteiger partial charge is 0.493 e. The molecule has 0 aliphatic rings. The quantitative estimate of drug-likeness (QED) is 0.335. The minimum Gasteiger partial charge on any atom is -0.493 e. The molecule has 4 aromatic rings. The number of ether oxygens (including phenoxy) is 2. The third-order valence-corrected chi connectivity index (χ3v) is 4.91. The Morgan fingerprint density at radius 1 is 1.07 bits per heavy atom. The Labute approximate surface area is 170 Å². The fraction of sp³-hybridized carbons (Fsp3) is 0.0476. The Balaban J connectivity index is 1.55. The normalized spacial score (nSPS) is 10.9. The van der Waals surface area contributed by atoms with Crippen molar-refractivity contribution in [2.24, 2.45) is 0 Å². The van der Waals surface area contributed by atoms with E-state index in [0.717, 1.165) is 11.3 Å². The molecule has 0 atom stereocenters. The summed E-state index contributed by atoms with van der Waals surface area (Å²) in [6.07, 6.45) is 3.28. The predicted molar refractivity (Wildman–Crippen MR) is 110 cm³/mol. The molecule has 2 aromatic heterocycles. The number of aromatic nitrogens is 4. The van der Waals surface area contributed by atoms with Crippen LogP contribution in [0, 0.1) is 0 Å². The Bertz CT molecular complexity index is 1140. The van der Waals surface area contributed by atoms with E-state index < -0.39 is 0 Å². The van der Waals surface area contributed by atoms with Crippen molar-refractivity contribution in [2.45, 2.75) is 0 Å². The van der Waals surface area contributed by atoms with E-state index in [9.17, 15) is 4.79 Å². The van der Waals surface area contributed by atoms with Gasteiger partial charge in [-0.15, -0.1) is 11.3 Å². The summed E-state index contributed by atoms with van der Waals surface area (Å²) in [6, 6.07) is 18.7. The fourth-order valence-corrected chi connectivity index (χ4v) is 3.26. The lowest BCUT2D eigenvalue weighted by atomic mass is 10.1. The maximum Gasteiger partial charge on any atom is 0.346 e. The summed E-state index contributed by atoms with van der Waals surface area (Å²) in [4.78, 5) is 12.8. The molecule has 0 bridgehead atoms. The number of methoxy groups -OCH3 is 1. The zero-order valence-electron chi connectivity index (χ0n) is 15.4. The van der Waals surface area contributed by atoms with E-state index in [2.05, 4.69) is 15.5 Å². The first kappa shape index (κ1) is 18.6. The molecule has 0 saturated carbocycles. The van der Waals surface area contributed by atoms with Gasteiger partial charge in [0.05, 0.1) is 17.7 Å². The second kappa shape index (κ2) is 8.49. The molecule has 0 saturated heterocycles. The molecule has 8 heteroatoms. The van der Waals surface area contributed by atoms with Gasteiger partial charge in [-0.3, -0.25) is 4.79 Å². The Hall–Kier alpha value is -3.78. The van der Waals surface area contributed by atoms with Crippen LogP contribution in [-0.2, 0) is 0 Å². The minimum atomic E-state index is -0.0404. The highest BCUT2D eigenvalue weighted by Crippen LogP contribution is 2.32. The van der Waals surface area contributed by atoms with Crippen LogP contribution in [-0.4, -0.2) is 33.1 Å². The summed E-state index contributed by atoms with van der Waals surface area (Å²) in [7, 11) is 1.55. The van der Waals surface area contributed by atoms with Crippen molar-refractivity contribution in [3.05, 3.63) is 82.6 Å². The Morgan fingerprint density at radius 3 is 2.69 bits per heavy atom. The van der Waals surface area contributed by atoms with Gasteiger partial charge in [-0.2, -0.15) is 4.68 Å². The molecule has 2 heterocycles. The SMILES string of the molecule is COc1cc(/C=C/C(=O)c2cccs2)ccc1Oc1nnnn1-c1ccccc1. The van der Waals surface area contributed by atoms with Crippen LogP contribution in [0.5, 0.6) is 17.5 Å². The van der Waals surface area contributed by atoms with Crippen LogP contribution in [0.4, 0.5) is 0 Å². The van der Waals surface area contributed by atoms with Gasteiger partial charge in [0.15, 0.2) is 17.3 Å². The van der Waals surface area contributed by atoms with Crippen LogP contribution in [0.3, 0.4) is 0 Å². The van der Waals surface area contributed by atoms with Crippen LogP contribution >= 0.6 is 11.3 Å². The van der Waals surface area contributed by atoms with Gasteiger partial charge in [0.2, 0.25) is 0 Å². The molecule has 0 spiro atoms. The van der Waals surface area contributed by atoms with Crippen LogP contribution in [0.15, 0.2) is 72.1 Å². The van der Waals surface area contributed by atoms with Crippen molar-refractivity contribution in [1.29, 1.82) is 0 Å². The molecule has 0 N–H and O–H groups in total. The standard InChI is InChI=1S/C21H16N4O3S/c1-27-19-14-15(9-11-17(26)20-8-5-13-29-20)10-12-18(19)28-21-22-23-24-25(21)16-6-3-2-4-7-16/h2-14H,1H3/b11-9+. The van der Waals surface area contributed by atoms with Gasteiger partial charge < -0.3 is 9.47 Å². The first-order valence-corrected chi connectivity index (χ1v) is 9.58. The van der Waals surface area contributed by atoms with E-state index >= 15 is 0 Å². The van der Waals surface area contributed by atoms with Gasteiger partial charge in [-0.25, -0.2) is 0 Å². The Morgan fingerprint density at radius 2 is 1.93 bits per heavy atom. The first-order valence-electron chi connectivity index (χ1n) is 8.70. The molecule has 7 nitrogen and oxygen atoms in total. The number of carbonyl (C=O) groups excluding carboxylic acids is 1. The van der Waals surface area contributed by atoms with Gasteiger partial charge in [0.1, 0.15) is 0 Å². The van der Waals surface area contributed by atoms with Crippen LogP contribution in [0.1, 0.15) is 15.2 Å². The van der Waals surface area contributed by atoms with Crippen LogP contribution < -0.4 is 9.47 Å². The monoisotopic (exact) mass is 404 g/mol. The molecule has 0 fully saturated rings. The van der Waals surface area contributed by atoms with Crippen LogP contribution in [0.25, 0.3) is 11.8 Å². The first-order chi connectivity index (χ1) is 14.2. The van der Waals surface area contributed by atoms with Gasteiger partial charge in [0, 0.05) is 0 Å². The Kier molecular flexibility index (Phi) is 5.44. The number of hydrogen-bond donors (Lipinski definition) is 0. The molecule has 0 aliphatic heterocycles. The molecule has 0 radical (unpaired) electrons. The minimum absolute atomic E-state index is 0.0404. The van der Waals surface area contributed by atoms with E-state index in [0.29, 0.717) is 16.4 Å². The average Bonchev–Trinajstić information content (AvgIpc) is 3.46. The van der Waals surface area contributed by atoms with Gasteiger partial charge in [-0.1, -0.05) is 41.5 Å². The van der Waals surface area contributed by atoms with E-state index in [1.165, 1.54) is 22.1 Å². The van der Waals surface area contributed by atoms with Crippen molar-refractivity contribution in [1.82, 2.24) is 20.2 Å². The smallest absolute Gasteiger partial charge is 0.346 e. The highest BCUT2D eigenvalue weighted by molar-refractivity contribution is 7.12.